The van der Waals surface area contributed by atoms with Gasteiger partial charge < -0.3 is 26.5 Å². The first-order valence-corrected chi connectivity index (χ1v) is 9.96. The van der Waals surface area contributed by atoms with Crippen LogP contribution in [-0.4, -0.2) is 39.0 Å². The highest BCUT2D eigenvalue weighted by Gasteiger charge is 2.38. The summed E-state index contributed by atoms with van der Waals surface area (Å²) >= 11 is 0. The van der Waals surface area contributed by atoms with Gasteiger partial charge in [0.25, 0.3) is 11.8 Å². The Balaban J connectivity index is 0.000000454. The zero-order chi connectivity index (χ0) is 26.5. The third-order valence-corrected chi connectivity index (χ3v) is 4.52. The van der Waals surface area contributed by atoms with E-state index in [4.69, 9.17) is 15.6 Å². The summed E-state index contributed by atoms with van der Waals surface area (Å²) in [4.78, 5) is 40.8. The molecule has 186 valence electrons. The van der Waals surface area contributed by atoms with Gasteiger partial charge in [-0.1, -0.05) is 12.1 Å². The predicted molar refractivity (Wildman–Crippen MR) is 123 cm³/mol. The minimum absolute atomic E-state index is 0.189. The Kier molecular flexibility index (Phi) is 7.52. The van der Waals surface area contributed by atoms with E-state index in [0.29, 0.717) is 16.8 Å². The SMILES string of the molecule is Nc1ccc(F)cc1NC(=O)c1ccc(NC(=O)c2nc3ccccc3[nH]2)cc1.O=C(O)C(F)(F)F. The third kappa shape index (κ3) is 6.56. The molecule has 0 unspecified atom stereocenters. The average Bonchev–Trinajstić information content (AvgIpc) is 3.26. The van der Waals surface area contributed by atoms with Crippen molar-refractivity contribution in [3.8, 4) is 0 Å². The van der Waals surface area contributed by atoms with Crippen LogP contribution in [0, 0.1) is 5.82 Å². The van der Waals surface area contributed by atoms with E-state index in [1.807, 2.05) is 18.2 Å². The lowest BCUT2D eigenvalue weighted by molar-refractivity contribution is -0.192. The molecule has 0 fully saturated rings. The molecule has 2 amide bonds. The van der Waals surface area contributed by atoms with E-state index in [9.17, 15) is 27.2 Å². The largest absolute Gasteiger partial charge is 0.490 e. The zero-order valence-electron chi connectivity index (χ0n) is 18.1. The monoisotopic (exact) mass is 503 g/mol. The Morgan fingerprint density at radius 2 is 1.56 bits per heavy atom. The lowest BCUT2D eigenvalue weighted by Crippen LogP contribution is -2.21. The molecule has 4 aromatic rings. The summed E-state index contributed by atoms with van der Waals surface area (Å²) in [5.41, 5.74) is 8.48. The van der Waals surface area contributed by atoms with Crippen molar-refractivity contribution in [2.45, 2.75) is 6.18 Å². The number of anilines is 3. The standard InChI is InChI=1S/C21H16FN5O2.C2HF3O2/c22-13-7-10-15(23)18(11-13)27-20(28)12-5-8-14(9-6-12)24-21(29)19-25-16-3-1-2-4-17(16)26-19;3-2(4,5)1(6)7/h1-11H,23H2,(H,24,29)(H,25,26)(H,27,28);(H,6,7). The van der Waals surface area contributed by atoms with Crippen LogP contribution in [0.3, 0.4) is 0 Å². The van der Waals surface area contributed by atoms with Crippen molar-refractivity contribution < 1.29 is 37.1 Å². The molecule has 0 radical (unpaired) electrons. The molecule has 0 saturated heterocycles. The van der Waals surface area contributed by atoms with Crippen LogP contribution in [0.15, 0.2) is 66.7 Å². The lowest BCUT2D eigenvalue weighted by Gasteiger charge is -2.09. The number of para-hydroxylation sites is 2. The minimum atomic E-state index is -5.08. The summed E-state index contributed by atoms with van der Waals surface area (Å²) in [6.45, 7) is 0. The third-order valence-electron chi connectivity index (χ3n) is 4.52. The van der Waals surface area contributed by atoms with Crippen molar-refractivity contribution in [3.63, 3.8) is 0 Å². The molecule has 36 heavy (non-hydrogen) atoms. The normalized spacial score (nSPS) is 10.8. The molecule has 13 heteroatoms. The highest BCUT2D eigenvalue weighted by atomic mass is 19.4. The highest BCUT2D eigenvalue weighted by Crippen LogP contribution is 2.21. The number of carboxylic acid groups (broad SMARTS) is 1. The molecule has 0 aliphatic heterocycles. The number of hydrogen-bond donors (Lipinski definition) is 5. The van der Waals surface area contributed by atoms with Crippen LogP contribution in [0.1, 0.15) is 21.0 Å². The molecule has 3 aromatic carbocycles. The number of nitrogen functional groups attached to an aromatic ring is 1. The number of nitrogens with one attached hydrogen (secondary N) is 3. The van der Waals surface area contributed by atoms with Crippen molar-refractivity contribution >= 4 is 45.9 Å². The number of rotatable bonds is 4. The number of nitrogens with zero attached hydrogens (tertiary/aromatic N) is 1. The van der Waals surface area contributed by atoms with Gasteiger partial charge in [0, 0.05) is 11.3 Å². The first-order valence-electron chi connectivity index (χ1n) is 9.96. The number of imidazole rings is 1. The number of aliphatic carboxylic acids is 1. The molecular weight excluding hydrogens is 486 g/mol. The Hall–Kier alpha value is -4.94. The Bertz CT molecular complexity index is 1390. The number of amides is 2. The van der Waals surface area contributed by atoms with Gasteiger partial charge >= 0.3 is 12.1 Å². The number of aromatic nitrogens is 2. The van der Waals surface area contributed by atoms with E-state index < -0.39 is 29.8 Å². The number of carbonyl (C=O) groups is 3. The topological polar surface area (TPSA) is 150 Å². The summed E-state index contributed by atoms with van der Waals surface area (Å²) in [6, 6.07) is 17.3. The second-order valence-electron chi connectivity index (χ2n) is 7.12. The number of nitrogens with two attached hydrogens (primary N) is 1. The quantitative estimate of drug-likeness (QED) is 0.206. The molecule has 1 heterocycles. The van der Waals surface area contributed by atoms with E-state index in [0.717, 1.165) is 11.6 Å². The number of alkyl halides is 3. The van der Waals surface area contributed by atoms with Crippen molar-refractivity contribution in [1.29, 1.82) is 0 Å². The number of benzene rings is 3. The minimum Gasteiger partial charge on any atom is -0.475 e. The van der Waals surface area contributed by atoms with Gasteiger partial charge in [-0.25, -0.2) is 14.2 Å². The molecule has 0 aliphatic carbocycles. The number of fused-ring (bicyclic) bond motifs is 1. The average molecular weight is 503 g/mol. The van der Waals surface area contributed by atoms with Crippen LogP contribution in [0.2, 0.25) is 0 Å². The molecule has 1 aromatic heterocycles. The first-order chi connectivity index (χ1) is 16.9. The highest BCUT2D eigenvalue weighted by molar-refractivity contribution is 6.07. The van der Waals surface area contributed by atoms with E-state index >= 15 is 0 Å². The van der Waals surface area contributed by atoms with Gasteiger partial charge in [-0.05, 0) is 54.6 Å². The van der Waals surface area contributed by atoms with E-state index in [1.165, 1.54) is 12.1 Å². The molecule has 0 bridgehead atoms. The van der Waals surface area contributed by atoms with Crippen LogP contribution in [0.4, 0.5) is 34.6 Å². The van der Waals surface area contributed by atoms with Crippen LogP contribution in [-0.2, 0) is 4.79 Å². The number of hydrogen-bond acceptors (Lipinski definition) is 5. The van der Waals surface area contributed by atoms with Gasteiger partial charge in [0.2, 0.25) is 0 Å². The van der Waals surface area contributed by atoms with Crippen molar-refractivity contribution in [1.82, 2.24) is 9.97 Å². The van der Waals surface area contributed by atoms with Crippen LogP contribution >= 0.6 is 0 Å². The van der Waals surface area contributed by atoms with Gasteiger partial charge in [0.05, 0.1) is 22.4 Å². The summed E-state index contributed by atoms with van der Waals surface area (Å²) < 4.78 is 45.1. The molecule has 4 rings (SSSR count). The molecule has 9 nitrogen and oxygen atoms in total. The molecule has 0 saturated carbocycles. The summed E-state index contributed by atoms with van der Waals surface area (Å²) in [7, 11) is 0. The number of carboxylic acids is 1. The van der Waals surface area contributed by atoms with Crippen molar-refractivity contribution in [2.75, 3.05) is 16.4 Å². The Morgan fingerprint density at radius 3 is 2.17 bits per heavy atom. The number of H-pyrrole nitrogens is 1. The maximum Gasteiger partial charge on any atom is 0.490 e. The van der Waals surface area contributed by atoms with E-state index in [-0.39, 0.29) is 17.2 Å². The Morgan fingerprint density at radius 1 is 0.917 bits per heavy atom. The zero-order valence-corrected chi connectivity index (χ0v) is 18.1. The maximum atomic E-state index is 13.3. The second kappa shape index (κ2) is 10.5. The van der Waals surface area contributed by atoms with Crippen LogP contribution < -0.4 is 16.4 Å². The second-order valence-corrected chi connectivity index (χ2v) is 7.12. The first kappa shape index (κ1) is 25.7. The van der Waals surface area contributed by atoms with Gasteiger partial charge in [-0.3, -0.25) is 9.59 Å². The molecule has 0 spiro atoms. The predicted octanol–water partition coefficient (Wildman–Crippen LogP) is 4.42. The summed E-state index contributed by atoms with van der Waals surface area (Å²) in [6.07, 6.45) is -5.08. The number of aromatic amines is 1. The van der Waals surface area contributed by atoms with E-state index in [1.54, 1.807) is 30.3 Å². The number of halogens is 4. The summed E-state index contributed by atoms with van der Waals surface area (Å²) in [5, 5.41) is 12.4. The number of carbonyl (C=O) groups excluding carboxylic acids is 2. The van der Waals surface area contributed by atoms with Crippen LogP contribution in [0.5, 0.6) is 0 Å². The van der Waals surface area contributed by atoms with Gasteiger partial charge in [0.15, 0.2) is 5.82 Å². The molecule has 6 N–H and O–H groups in total. The summed E-state index contributed by atoms with van der Waals surface area (Å²) in [5.74, 6) is -3.91. The fraction of sp³-hybridized carbons (Fsp3) is 0.0435. The Labute approximate surface area is 200 Å². The fourth-order valence-corrected chi connectivity index (χ4v) is 2.79. The van der Waals surface area contributed by atoms with Gasteiger partial charge in [-0.15, -0.1) is 0 Å². The fourth-order valence-electron chi connectivity index (χ4n) is 2.79. The van der Waals surface area contributed by atoms with Crippen molar-refractivity contribution in [3.05, 3.63) is 83.9 Å². The lowest BCUT2D eigenvalue weighted by atomic mass is 10.1. The van der Waals surface area contributed by atoms with Crippen LogP contribution in [0.25, 0.3) is 11.0 Å². The van der Waals surface area contributed by atoms with Crippen molar-refractivity contribution in [2.24, 2.45) is 0 Å². The smallest absolute Gasteiger partial charge is 0.475 e. The van der Waals surface area contributed by atoms with Gasteiger partial charge in [0.1, 0.15) is 5.82 Å². The van der Waals surface area contributed by atoms with E-state index in [2.05, 4.69) is 20.6 Å². The maximum absolute atomic E-state index is 13.3. The molecule has 0 aliphatic rings. The molecular formula is C23H17F4N5O4. The molecule has 0 atom stereocenters. The van der Waals surface area contributed by atoms with Gasteiger partial charge in [-0.2, -0.15) is 13.2 Å².